The molecule has 2 aromatic rings. The van der Waals surface area contributed by atoms with Crippen molar-refractivity contribution in [2.75, 3.05) is 21.3 Å². The summed E-state index contributed by atoms with van der Waals surface area (Å²) in [6.07, 6.45) is 2.33. The standard InChI is InChI=1S/C15H14FNO4/c1-19-12-5-9(6-13(20-2)15(12)21-3)14(18)10-4-11(16)8-17-7-10/h4-8H,1-3H3. The summed E-state index contributed by atoms with van der Waals surface area (Å²) in [6, 6.07) is 4.14. The molecular weight excluding hydrogens is 277 g/mol. The maximum Gasteiger partial charge on any atom is 0.203 e. The lowest BCUT2D eigenvalue weighted by Gasteiger charge is -2.13. The monoisotopic (exact) mass is 291 g/mol. The first kappa shape index (κ1) is 14.8. The van der Waals surface area contributed by atoms with Crippen LogP contribution >= 0.6 is 0 Å². The van der Waals surface area contributed by atoms with Gasteiger partial charge in [0.15, 0.2) is 17.3 Å². The van der Waals surface area contributed by atoms with Gasteiger partial charge in [0.25, 0.3) is 0 Å². The molecule has 0 amide bonds. The average Bonchev–Trinajstić information content (AvgIpc) is 2.52. The molecule has 1 aromatic heterocycles. The highest BCUT2D eigenvalue weighted by Gasteiger charge is 2.18. The fourth-order valence-electron chi connectivity index (χ4n) is 1.91. The lowest BCUT2D eigenvalue weighted by Crippen LogP contribution is -2.05. The molecule has 0 aliphatic carbocycles. The van der Waals surface area contributed by atoms with Crippen molar-refractivity contribution in [1.29, 1.82) is 0 Å². The van der Waals surface area contributed by atoms with Crippen LogP contribution in [-0.2, 0) is 0 Å². The summed E-state index contributed by atoms with van der Waals surface area (Å²) in [5.41, 5.74) is 0.432. The lowest BCUT2D eigenvalue weighted by atomic mass is 10.0. The van der Waals surface area contributed by atoms with Gasteiger partial charge in [-0.3, -0.25) is 9.78 Å². The van der Waals surface area contributed by atoms with Crippen molar-refractivity contribution in [3.05, 3.63) is 47.5 Å². The Morgan fingerprint density at radius 3 is 2.05 bits per heavy atom. The summed E-state index contributed by atoms with van der Waals surface area (Å²) in [5.74, 6) is 0.123. The molecule has 0 unspecified atom stereocenters. The quantitative estimate of drug-likeness (QED) is 0.792. The number of nitrogens with zero attached hydrogens (tertiary/aromatic N) is 1. The molecular formula is C15H14FNO4. The van der Waals surface area contributed by atoms with Crippen LogP contribution in [0, 0.1) is 5.82 Å². The summed E-state index contributed by atoms with van der Waals surface area (Å²) in [5, 5.41) is 0. The van der Waals surface area contributed by atoms with E-state index in [2.05, 4.69) is 4.98 Å². The third-order valence-electron chi connectivity index (χ3n) is 2.89. The highest BCUT2D eigenvalue weighted by molar-refractivity contribution is 6.09. The normalized spacial score (nSPS) is 10.1. The van der Waals surface area contributed by atoms with Crippen molar-refractivity contribution >= 4 is 5.78 Å². The molecule has 0 radical (unpaired) electrons. The van der Waals surface area contributed by atoms with Crippen molar-refractivity contribution < 1.29 is 23.4 Å². The van der Waals surface area contributed by atoms with E-state index in [1.807, 2.05) is 0 Å². The molecule has 0 saturated carbocycles. The Hall–Kier alpha value is -2.63. The first-order chi connectivity index (χ1) is 10.1. The van der Waals surface area contributed by atoms with E-state index in [9.17, 15) is 9.18 Å². The Morgan fingerprint density at radius 2 is 1.57 bits per heavy atom. The maximum absolute atomic E-state index is 13.2. The van der Waals surface area contributed by atoms with Crippen molar-refractivity contribution in [1.82, 2.24) is 4.98 Å². The second-order valence-electron chi connectivity index (χ2n) is 4.13. The summed E-state index contributed by atoms with van der Waals surface area (Å²) in [6.45, 7) is 0. The van der Waals surface area contributed by atoms with Gasteiger partial charge in [0, 0.05) is 17.3 Å². The molecule has 0 fully saturated rings. The van der Waals surface area contributed by atoms with Gasteiger partial charge in [0.1, 0.15) is 5.82 Å². The van der Waals surface area contributed by atoms with E-state index in [-0.39, 0.29) is 16.9 Å². The molecule has 0 saturated heterocycles. The zero-order valence-corrected chi connectivity index (χ0v) is 11.8. The number of carbonyl (C=O) groups is 1. The number of hydrogen-bond acceptors (Lipinski definition) is 5. The van der Waals surface area contributed by atoms with E-state index in [1.54, 1.807) is 0 Å². The van der Waals surface area contributed by atoms with Crippen LogP contribution in [0.5, 0.6) is 17.2 Å². The number of benzene rings is 1. The minimum atomic E-state index is -0.576. The zero-order valence-electron chi connectivity index (χ0n) is 11.8. The molecule has 110 valence electrons. The van der Waals surface area contributed by atoms with E-state index in [0.29, 0.717) is 17.2 Å². The Kier molecular flexibility index (Phi) is 4.37. The first-order valence-corrected chi connectivity index (χ1v) is 6.06. The van der Waals surface area contributed by atoms with Gasteiger partial charge in [-0.2, -0.15) is 0 Å². The molecule has 21 heavy (non-hydrogen) atoms. The Bertz CT molecular complexity index is 647. The number of rotatable bonds is 5. The van der Waals surface area contributed by atoms with E-state index in [0.717, 1.165) is 12.3 Å². The summed E-state index contributed by atoms with van der Waals surface area (Å²) in [7, 11) is 4.38. The van der Waals surface area contributed by atoms with Crippen LogP contribution in [0.1, 0.15) is 15.9 Å². The molecule has 6 heteroatoms. The van der Waals surface area contributed by atoms with Crippen LogP contribution in [0.25, 0.3) is 0 Å². The molecule has 5 nitrogen and oxygen atoms in total. The first-order valence-electron chi connectivity index (χ1n) is 6.06. The third kappa shape index (κ3) is 2.94. The molecule has 1 aromatic carbocycles. The highest BCUT2D eigenvalue weighted by Crippen LogP contribution is 2.38. The van der Waals surface area contributed by atoms with Crippen molar-refractivity contribution in [2.45, 2.75) is 0 Å². The molecule has 0 spiro atoms. The lowest BCUT2D eigenvalue weighted by molar-refractivity contribution is 0.103. The minimum absolute atomic E-state index is 0.143. The summed E-state index contributed by atoms with van der Waals surface area (Å²) in [4.78, 5) is 16.0. The van der Waals surface area contributed by atoms with Crippen molar-refractivity contribution in [3.63, 3.8) is 0 Å². The van der Waals surface area contributed by atoms with Gasteiger partial charge in [-0.25, -0.2) is 4.39 Å². The van der Waals surface area contributed by atoms with E-state index in [4.69, 9.17) is 14.2 Å². The van der Waals surface area contributed by atoms with Crippen LogP contribution in [0.15, 0.2) is 30.6 Å². The number of methoxy groups -OCH3 is 3. The van der Waals surface area contributed by atoms with Gasteiger partial charge in [-0.15, -0.1) is 0 Å². The minimum Gasteiger partial charge on any atom is -0.493 e. The molecule has 0 aliphatic rings. The van der Waals surface area contributed by atoms with Crippen LogP contribution in [0.2, 0.25) is 0 Å². The highest BCUT2D eigenvalue weighted by atomic mass is 19.1. The predicted molar refractivity (Wildman–Crippen MR) is 73.7 cm³/mol. The number of halogens is 1. The van der Waals surface area contributed by atoms with Crippen LogP contribution in [-0.4, -0.2) is 32.1 Å². The van der Waals surface area contributed by atoms with Gasteiger partial charge < -0.3 is 14.2 Å². The molecule has 0 aliphatic heterocycles. The van der Waals surface area contributed by atoms with Crippen LogP contribution in [0.3, 0.4) is 0 Å². The molecule has 1 heterocycles. The largest absolute Gasteiger partial charge is 0.493 e. The SMILES string of the molecule is COc1cc(C(=O)c2cncc(F)c2)cc(OC)c1OC. The molecule has 0 bridgehead atoms. The number of aromatic nitrogens is 1. The second-order valence-corrected chi connectivity index (χ2v) is 4.13. The van der Waals surface area contributed by atoms with E-state index in [1.165, 1.54) is 39.7 Å². The average molecular weight is 291 g/mol. The summed E-state index contributed by atoms with van der Waals surface area (Å²) < 4.78 is 28.7. The smallest absolute Gasteiger partial charge is 0.203 e. The Balaban J connectivity index is 2.51. The van der Waals surface area contributed by atoms with Gasteiger partial charge in [0.2, 0.25) is 5.75 Å². The van der Waals surface area contributed by atoms with Gasteiger partial charge in [0.05, 0.1) is 27.5 Å². The maximum atomic E-state index is 13.2. The number of ether oxygens (including phenoxy) is 3. The molecule has 0 atom stereocenters. The third-order valence-corrected chi connectivity index (χ3v) is 2.89. The van der Waals surface area contributed by atoms with E-state index < -0.39 is 5.82 Å². The second kappa shape index (κ2) is 6.21. The van der Waals surface area contributed by atoms with Crippen molar-refractivity contribution in [2.24, 2.45) is 0 Å². The van der Waals surface area contributed by atoms with Crippen LogP contribution < -0.4 is 14.2 Å². The fourth-order valence-corrected chi connectivity index (χ4v) is 1.91. The zero-order chi connectivity index (χ0) is 15.4. The number of carbonyl (C=O) groups excluding carboxylic acids is 1. The topological polar surface area (TPSA) is 57.7 Å². The Morgan fingerprint density at radius 1 is 0.952 bits per heavy atom. The van der Waals surface area contributed by atoms with Crippen LogP contribution in [0.4, 0.5) is 4.39 Å². The van der Waals surface area contributed by atoms with Gasteiger partial charge in [-0.05, 0) is 18.2 Å². The van der Waals surface area contributed by atoms with Gasteiger partial charge in [-0.1, -0.05) is 0 Å². The predicted octanol–water partition coefficient (Wildman–Crippen LogP) is 2.48. The van der Waals surface area contributed by atoms with E-state index >= 15 is 0 Å². The van der Waals surface area contributed by atoms with Crippen molar-refractivity contribution in [3.8, 4) is 17.2 Å². The number of ketones is 1. The number of hydrogen-bond donors (Lipinski definition) is 0. The fraction of sp³-hybridized carbons (Fsp3) is 0.200. The Labute approximate surface area is 121 Å². The summed E-state index contributed by atoms with van der Waals surface area (Å²) >= 11 is 0. The molecule has 0 N–H and O–H groups in total. The number of pyridine rings is 1. The molecule has 2 rings (SSSR count). The van der Waals surface area contributed by atoms with Gasteiger partial charge >= 0.3 is 0 Å².